The molecule has 0 atom stereocenters. The Morgan fingerprint density at radius 3 is 2.42 bits per heavy atom. The van der Waals surface area contributed by atoms with E-state index >= 15 is 0 Å². The second-order valence-corrected chi connectivity index (χ2v) is 8.14. The first-order valence-electron chi connectivity index (χ1n) is 10.9. The monoisotopic (exact) mass is 443 g/mol. The van der Waals surface area contributed by atoms with Gasteiger partial charge < -0.3 is 14.4 Å². The van der Waals surface area contributed by atoms with Crippen molar-refractivity contribution in [3.8, 4) is 0 Å². The van der Waals surface area contributed by atoms with Gasteiger partial charge in [-0.25, -0.2) is 15.4 Å². The fourth-order valence-electron chi connectivity index (χ4n) is 4.23. The summed E-state index contributed by atoms with van der Waals surface area (Å²) < 4.78 is 2.11. The molecular weight excluding hydrogens is 418 g/mol. The number of anilines is 2. The van der Waals surface area contributed by atoms with Crippen LogP contribution in [0.5, 0.6) is 0 Å². The maximum absolute atomic E-state index is 11.5. The van der Waals surface area contributed by atoms with Gasteiger partial charge in [-0.15, -0.1) is 0 Å². The van der Waals surface area contributed by atoms with Crippen LogP contribution in [0.15, 0.2) is 61.2 Å². The van der Waals surface area contributed by atoms with E-state index in [2.05, 4.69) is 41.5 Å². The predicted octanol–water partition coefficient (Wildman–Crippen LogP) is 2.63. The minimum absolute atomic E-state index is 0.412. The van der Waals surface area contributed by atoms with Crippen molar-refractivity contribution in [2.75, 3.05) is 36.0 Å². The second-order valence-electron chi connectivity index (χ2n) is 8.14. The van der Waals surface area contributed by atoms with Crippen molar-refractivity contribution in [2.24, 2.45) is 0 Å². The van der Waals surface area contributed by atoms with Gasteiger partial charge in [-0.3, -0.25) is 15.0 Å². The Kier molecular flexibility index (Phi) is 5.62. The van der Waals surface area contributed by atoms with Crippen molar-refractivity contribution >= 4 is 28.4 Å². The molecule has 1 aromatic carbocycles. The lowest BCUT2D eigenvalue weighted by atomic mass is 10.1. The third-order valence-electron chi connectivity index (χ3n) is 6.02. The molecule has 2 N–H and O–H groups in total. The second kappa shape index (κ2) is 8.87. The minimum atomic E-state index is -0.520. The smallest absolute Gasteiger partial charge is 0.274 e. The molecule has 33 heavy (non-hydrogen) atoms. The summed E-state index contributed by atoms with van der Waals surface area (Å²) in [6.45, 7) is 6.15. The molecule has 1 fully saturated rings. The Morgan fingerprint density at radius 2 is 1.73 bits per heavy atom. The fourth-order valence-corrected chi connectivity index (χ4v) is 4.23. The van der Waals surface area contributed by atoms with E-state index < -0.39 is 5.91 Å². The molecule has 1 aliphatic heterocycles. The molecule has 3 aromatic heterocycles. The lowest BCUT2D eigenvalue weighted by Crippen LogP contribution is -2.47. The summed E-state index contributed by atoms with van der Waals surface area (Å²) in [5.74, 6) is 0.405. The molecule has 4 heterocycles. The Morgan fingerprint density at radius 1 is 0.970 bits per heavy atom. The van der Waals surface area contributed by atoms with Crippen LogP contribution in [0.3, 0.4) is 0 Å². The summed E-state index contributed by atoms with van der Waals surface area (Å²) in [4.78, 5) is 29.7. The molecule has 0 bridgehead atoms. The van der Waals surface area contributed by atoms with E-state index in [4.69, 9.17) is 5.21 Å². The summed E-state index contributed by atoms with van der Waals surface area (Å²) in [6, 6.07) is 11.4. The van der Waals surface area contributed by atoms with Gasteiger partial charge >= 0.3 is 0 Å². The zero-order valence-electron chi connectivity index (χ0n) is 18.3. The number of hydroxylamine groups is 1. The number of nitrogens with one attached hydrogen (secondary N) is 1. The van der Waals surface area contributed by atoms with Crippen molar-refractivity contribution in [1.82, 2.24) is 25.0 Å². The molecule has 9 heteroatoms. The molecular formula is C24H25N7O2. The number of hydrogen-bond donors (Lipinski definition) is 2. The molecule has 0 aliphatic carbocycles. The van der Waals surface area contributed by atoms with E-state index in [0.717, 1.165) is 54.3 Å². The number of pyridine rings is 1. The zero-order chi connectivity index (χ0) is 22.8. The number of aryl methyl sites for hydroxylation is 1. The quantitative estimate of drug-likeness (QED) is 0.361. The number of hydrogen-bond acceptors (Lipinski definition) is 7. The van der Waals surface area contributed by atoms with Gasteiger partial charge in [-0.2, -0.15) is 0 Å². The van der Waals surface area contributed by atoms with E-state index in [1.807, 2.05) is 43.8 Å². The van der Waals surface area contributed by atoms with E-state index in [1.54, 1.807) is 17.6 Å². The summed E-state index contributed by atoms with van der Waals surface area (Å²) in [6.07, 6.45) is 7.57. The predicted molar refractivity (Wildman–Crippen MR) is 126 cm³/mol. The van der Waals surface area contributed by atoms with E-state index in [0.29, 0.717) is 12.1 Å². The summed E-state index contributed by atoms with van der Waals surface area (Å²) in [5.41, 5.74) is 6.14. The number of carbonyl (C=O) groups is 1. The molecule has 0 radical (unpaired) electrons. The van der Waals surface area contributed by atoms with Crippen molar-refractivity contribution in [3.63, 3.8) is 0 Å². The normalized spacial score (nSPS) is 14.0. The summed E-state index contributed by atoms with van der Waals surface area (Å²) in [7, 11) is 0. The Balaban J connectivity index is 1.32. The SMILES string of the molecule is Cc1cnc(N2CCN(c3ccnc4c3ccn4Cc3ccc(C(=O)NO)cc3)CC2)cn1. The Hall–Kier alpha value is -3.98. The lowest BCUT2D eigenvalue weighted by Gasteiger charge is -2.36. The average molecular weight is 444 g/mol. The van der Waals surface area contributed by atoms with E-state index in [1.165, 1.54) is 5.69 Å². The highest BCUT2D eigenvalue weighted by atomic mass is 16.5. The first-order chi connectivity index (χ1) is 16.1. The third-order valence-corrected chi connectivity index (χ3v) is 6.02. The Bertz CT molecular complexity index is 1260. The number of fused-ring (bicyclic) bond motifs is 1. The molecule has 168 valence electrons. The van der Waals surface area contributed by atoms with Crippen LogP contribution in [-0.2, 0) is 6.54 Å². The summed E-state index contributed by atoms with van der Waals surface area (Å²) in [5, 5.41) is 9.90. The number of nitrogens with zero attached hydrogens (tertiary/aromatic N) is 6. The topological polar surface area (TPSA) is 99.4 Å². The highest BCUT2D eigenvalue weighted by molar-refractivity contribution is 5.93. The number of benzene rings is 1. The largest absolute Gasteiger partial charge is 0.367 e. The van der Waals surface area contributed by atoms with Gasteiger partial charge in [0.25, 0.3) is 5.91 Å². The average Bonchev–Trinajstić information content (AvgIpc) is 3.27. The van der Waals surface area contributed by atoms with E-state index in [-0.39, 0.29) is 0 Å². The van der Waals surface area contributed by atoms with Crippen molar-refractivity contribution in [2.45, 2.75) is 13.5 Å². The number of piperazine rings is 1. The lowest BCUT2D eigenvalue weighted by molar-refractivity contribution is 0.0706. The zero-order valence-corrected chi connectivity index (χ0v) is 18.3. The van der Waals surface area contributed by atoms with Crippen LogP contribution in [0, 0.1) is 6.92 Å². The fraction of sp³-hybridized carbons (Fsp3) is 0.250. The van der Waals surface area contributed by atoms with Crippen LogP contribution in [0.2, 0.25) is 0 Å². The van der Waals surface area contributed by atoms with Gasteiger partial charge in [-0.1, -0.05) is 12.1 Å². The van der Waals surface area contributed by atoms with Gasteiger partial charge in [0.05, 0.1) is 18.1 Å². The standard InChI is InChI=1S/C24H25N7O2/c1-17-14-27-22(15-26-17)30-12-10-29(11-13-30)21-6-8-25-23-20(21)7-9-31(23)16-18-2-4-19(5-3-18)24(32)28-33/h2-9,14-15,33H,10-13,16H2,1H3,(H,28,32). The highest BCUT2D eigenvalue weighted by Crippen LogP contribution is 2.28. The van der Waals surface area contributed by atoms with Crippen LogP contribution in [0.1, 0.15) is 21.6 Å². The van der Waals surface area contributed by atoms with Crippen LogP contribution in [-0.4, -0.2) is 56.8 Å². The molecule has 0 unspecified atom stereocenters. The van der Waals surface area contributed by atoms with Gasteiger partial charge in [0.2, 0.25) is 0 Å². The van der Waals surface area contributed by atoms with Gasteiger partial charge in [-0.05, 0) is 36.8 Å². The molecule has 0 saturated carbocycles. The first kappa shape index (κ1) is 20.9. The molecule has 1 aliphatic rings. The van der Waals surface area contributed by atoms with Crippen LogP contribution >= 0.6 is 0 Å². The van der Waals surface area contributed by atoms with E-state index in [9.17, 15) is 4.79 Å². The van der Waals surface area contributed by atoms with Crippen LogP contribution in [0.25, 0.3) is 11.0 Å². The number of aromatic nitrogens is 4. The number of rotatable bonds is 5. The first-order valence-corrected chi connectivity index (χ1v) is 10.9. The minimum Gasteiger partial charge on any atom is -0.367 e. The number of amides is 1. The van der Waals surface area contributed by atoms with Crippen molar-refractivity contribution in [3.05, 3.63) is 78.0 Å². The van der Waals surface area contributed by atoms with Crippen LogP contribution in [0.4, 0.5) is 11.5 Å². The maximum Gasteiger partial charge on any atom is 0.274 e. The molecule has 1 saturated heterocycles. The molecule has 4 aromatic rings. The maximum atomic E-state index is 11.5. The van der Waals surface area contributed by atoms with Gasteiger partial charge in [0.15, 0.2) is 0 Å². The summed E-state index contributed by atoms with van der Waals surface area (Å²) >= 11 is 0. The Labute approximate surface area is 191 Å². The number of carbonyl (C=O) groups excluding carboxylic acids is 1. The molecule has 5 rings (SSSR count). The molecule has 1 amide bonds. The van der Waals surface area contributed by atoms with Crippen LogP contribution < -0.4 is 15.3 Å². The molecule has 9 nitrogen and oxygen atoms in total. The van der Waals surface area contributed by atoms with Gasteiger partial charge in [0, 0.05) is 61.8 Å². The van der Waals surface area contributed by atoms with Crippen molar-refractivity contribution < 1.29 is 10.0 Å². The highest BCUT2D eigenvalue weighted by Gasteiger charge is 2.21. The molecule has 0 spiro atoms. The van der Waals surface area contributed by atoms with Crippen molar-refractivity contribution in [1.29, 1.82) is 0 Å². The van der Waals surface area contributed by atoms with Gasteiger partial charge in [0.1, 0.15) is 11.5 Å². The third kappa shape index (κ3) is 4.22.